The minimum atomic E-state index is -0.327. The quantitative estimate of drug-likeness (QED) is 0.640. The van der Waals surface area contributed by atoms with Gasteiger partial charge in [-0.2, -0.15) is 0 Å². The van der Waals surface area contributed by atoms with Crippen molar-refractivity contribution < 1.29 is 14.3 Å². The molecular formula is C8H16N2O3. The fraction of sp³-hybridized carbons (Fsp3) is 0.875. The van der Waals surface area contributed by atoms with Crippen LogP contribution < -0.4 is 10.6 Å². The van der Waals surface area contributed by atoms with Gasteiger partial charge in [0.15, 0.2) is 0 Å². The van der Waals surface area contributed by atoms with E-state index in [0.29, 0.717) is 19.8 Å². The molecule has 1 aliphatic rings. The third-order valence-electron chi connectivity index (χ3n) is 2.30. The third-order valence-corrected chi connectivity index (χ3v) is 2.30. The molecule has 1 saturated heterocycles. The maximum atomic E-state index is 10.9. The van der Waals surface area contributed by atoms with Crippen molar-refractivity contribution >= 4 is 6.03 Å². The molecule has 0 saturated carbocycles. The Balaban J connectivity index is 2.35. The number of methoxy groups -OCH3 is 1. The van der Waals surface area contributed by atoms with Gasteiger partial charge in [-0.05, 0) is 0 Å². The number of rotatable bonds is 3. The van der Waals surface area contributed by atoms with Crippen LogP contribution >= 0.6 is 0 Å². The topological polar surface area (TPSA) is 59.6 Å². The van der Waals surface area contributed by atoms with Crippen molar-refractivity contribution in [3.05, 3.63) is 0 Å². The Morgan fingerprint density at radius 2 is 2.46 bits per heavy atom. The van der Waals surface area contributed by atoms with Gasteiger partial charge in [-0.3, -0.25) is 0 Å². The highest BCUT2D eigenvalue weighted by Crippen LogP contribution is 2.21. The first kappa shape index (κ1) is 10.3. The lowest BCUT2D eigenvalue weighted by Gasteiger charge is -2.25. The number of carbonyl (C=O) groups is 1. The van der Waals surface area contributed by atoms with Crippen molar-refractivity contribution in [2.45, 2.75) is 12.0 Å². The summed E-state index contributed by atoms with van der Waals surface area (Å²) in [7, 11) is 3.22. The summed E-state index contributed by atoms with van der Waals surface area (Å²) in [6, 6.07) is -0.191. The maximum Gasteiger partial charge on any atom is 0.314 e. The van der Waals surface area contributed by atoms with Gasteiger partial charge in [0.25, 0.3) is 0 Å². The normalized spacial score (nSPS) is 27.2. The monoisotopic (exact) mass is 188 g/mol. The number of ether oxygens (including phenoxy) is 2. The number of carbonyl (C=O) groups excluding carboxylic acids is 1. The van der Waals surface area contributed by atoms with Crippen LogP contribution in [0.15, 0.2) is 0 Å². The zero-order chi connectivity index (χ0) is 9.73. The number of hydrogen-bond donors (Lipinski definition) is 2. The first-order valence-electron chi connectivity index (χ1n) is 4.31. The molecule has 0 aromatic rings. The van der Waals surface area contributed by atoms with E-state index in [0.717, 1.165) is 6.42 Å². The van der Waals surface area contributed by atoms with Gasteiger partial charge in [-0.25, -0.2) is 4.79 Å². The fourth-order valence-electron chi connectivity index (χ4n) is 1.29. The Morgan fingerprint density at radius 3 is 2.92 bits per heavy atom. The summed E-state index contributed by atoms with van der Waals surface area (Å²) < 4.78 is 10.5. The molecule has 0 bridgehead atoms. The van der Waals surface area contributed by atoms with Crippen molar-refractivity contribution in [3.63, 3.8) is 0 Å². The van der Waals surface area contributed by atoms with Crippen LogP contribution in [0.2, 0.25) is 0 Å². The summed E-state index contributed by atoms with van der Waals surface area (Å²) in [5, 5.41) is 5.19. The van der Waals surface area contributed by atoms with Crippen LogP contribution in [0, 0.1) is 0 Å². The Kier molecular flexibility index (Phi) is 3.50. The number of hydrogen-bond acceptors (Lipinski definition) is 3. The van der Waals surface area contributed by atoms with Crippen molar-refractivity contribution in [2.24, 2.45) is 0 Å². The van der Waals surface area contributed by atoms with Gasteiger partial charge < -0.3 is 20.1 Å². The van der Waals surface area contributed by atoms with Crippen LogP contribution in [0.4, 0.5) is 4.79 Å². The van der Waals surface area contributed by atoms with E-state index in [9.17, 15) is 4.79 Å². The summed E-state index contributed by atoms with van der Waals surface area (Å²) in [6.45, 7) is 1.74. The van der Waals surface area contributed by atoms with Crippen LogP contribution in [-0.2, 0) is 9.47 Å². The van der Waals surface area contributed by atoms with E-state index in [1.165, 1.54) is 0 Å². The highest BCUT2D eigenvalue weighted by Gasteiger charge is 2.35. The molecule has 0 radical (unpaired) electrons. The van der Waals surface area contributed by atoms with Gasteiger partial charge in [-0.1, -0.05) is 0 Å². The average molecular weight is 188 g/mol. The Morgan fingerprint density at radius 1 is 1.69 bits per heavy atom. The minimum Gasteiger partial charge on any atom is -0.378 e. The van der Waals surface area contributed by atoms with Gasteiger partial charge in [0.1, 0.15) is 5.60 Å². The van der Waals surface area contributed by atoms with Crippen LogP contribution in [0.5, 0.6) is 0 Å². The summed E-state index contributed by atoms with van der Waals surface area (Å²) in [6.07, 6.45) is 0.827. The predicted octanol–water partition coefficient (Wildman–Crippen LogP) is -0.279. The van der Waals surface area contributed by atoms with E-state index in [1.807, 2.05) is 0 Å². The van der Waals surface area contributed by atoms with Gasteiger partial charge in [-0.15, -0.1) is 0 Å². The molecule has 5 heteroatoms. The average Bonchev–Trinajstić information content (AvgIpc) is 2.63. The Labute approximate surface area is 77.8 Å². The highest BCUT2D eigenvalue weighted by molar-refractivity contribution is 5.73. The lowest BCUT2D eigenvalue weighted by atomic mass is 10.0. The number of urea groups is 1. The SMILES string of the molecule is CNC(=O)NCC1(OC)CCOC1. The molecule has 13 heavy (non-hydrogen) atoms. The van der Waals surface area contributed by atoms with E-state index < -0.39 is 0 Å². The molecule has 0 aliphatic carbocycles. The predicted molar refractivity (Wildman–Crippen MR) is 47.6 cm³/mol. The zero-order valence-corrected chi connectivity index (χ0v) is 8.05. The molecule has 5 nitrogen and oxygen atoms in total. The molecule has 76 valence electrons. The largest absolute Gasteiger partial charge is 0.378 e. The van der Waals surface area contributed by atoms with Crippen molar-refractivity contribution in [1.82, 2.24) is 10.6 Å². The van der Waals surface area contributed by atoms with Gasteiger partial charge >= 0.3 is 6.03 Å². The first-order chi connectivity index (χ1) is 6.22. The molecular weight excluding hydrogens is 172 g/mol. The second-order valence-electron chi connectivity index (χ2n) is 3.12. The summed E-state index contributed by atoms with van der Waals surface area (Å²) in [5.74, 6) is 0. The molecule has 1 heterocycles. The second kappa shape index (κ2) is 4.43. The summed E-state index contributed by atoms with van der Waals surface area (Å²) in [5.41, 5.74) is -0.327. The van der Waals surface area contributed by atoms with Crippen LogP contribution in [0.25, 0.3) is 0 Å². The van der Waals surface area contributed by atoms with Gasteiger partial charge in [0, 0.05) is 27.2 Å². The molecule has 1 fully saturated rings. The lowest BCUT2D eigenvalue weighted by Crippen LogP contribution is -2.47. The smallest absolute Gasteiger partial charge is 0.314 e. The van der Waals surface area contributed by atoms with Crippen LogP contribution in [0.3, 0.4) is 0 Å². The van der Waals surface area contributed by atoms with E-state index in [-0.39, 0.29) is 11.6 Å². The van der Waals surface area contributed by atoms with E-state index in [2.05, 4.69) is 10.6 Å². The van der Waals surface area contributed by atoms with Crippen molar-refractivity contribution in [2.75, 3.05) is 33.9 Å². The molecule has 0 spiro atoms. The van der Waals surface area contributed by atoms with E-state index in [4.69, 9.17) is 9.47 Å². The van der Waals surface area contributed by atoms with Crippen molar-refractivity contribution in [1.29, 1.82) is 0 Å². The van der Waals surface area contributed by atoms with E-state index in [1.54, 1.807) is 14.2 Å². The van der Waals surface area contributed by atoms with Crippen molar-refractivity contribution in [3.8, 4) is 0 Å². The number of amides is 2. The molecule has 1 rings (SSSR count). The Bertz CT molecular complexity index is 178. The molecule has 0 aromatic heterocycles. The fourth-order valence-corrected chi connectivity index (χ4v) is 1.29. The lowest BCUT2D eigenvalue weighted by molar-refractivity contribution is -0.0137. The molecule has 1 aliphatic heterocycles. The number of nitrogens with one attached hydrogen (secondary N) is 2. The molecule has 2 N–H and O–H groups in total. The highest BCUT2D eigenvalue weighted by atomic mass is 16.5. The molecule has 1 unspecified atom stereocenters. The maximum absolute atomic E-state index is 10.9. The van der Waals surface area contributed by atoms with E-state index >= 15 is 0 Å². The van der Waals surface area contributed by atoms with Crippen LogP contribution in [0.1, 0.15) is 6.42 Å². The summed E-state index contributed by atoms with van der Waals surface area (Å²) >= 11 is 0. The Hall–Kier alpha value is -0.810. The standard InChI is InChI=1S/C8H16N2O3/c1-9-7(11)10-5-8(12-2)3-4-13-6-8/h3-6H2,1-2H3,(H2,9,10,11). The minimum absolute atomic E-state index is 0.191. The summed E-state index contributed by atoms with van der Waals surface area (Å²) in [4.78, 5) is 10.9. The third kappa shape index (κ3) is 2.57. The van der Waals surface area contributed by atoms with Gasteiger partial charge in [0.2, 0.25) is 0 Å². The molecule has 2 amide bonds. The first-order valence-corrected chi connectivity index (χ1v) is 4.31. The van der Waals surface area contributed by atoms with Gasteiger partial charge in [0.05, 0.1) is 13.2 Å². The zero-order valence-electron chi connectivity index (χ0n) is 8.05. The molecule has 1 atom stereocenters. The second-order valence-corrected chi connectivity index (χ2v) is 3.12. The van der Waals surface area contributed by atoms with Crippen LogP contribution in [-0.4, -0.2) is 45.5 Å². The molecule has 0 aromatic carbocycles.